The van der Waals surface area contributed by atoms with Gasteiger partial charge in [-0.25, -0.2) is 4.79 Å². The number of nitrogens with zero attached hydrogens (tertiary/aromatic N) is 1. The first-order valence-corrected chi connectivity index (χ1v) is 12.0. The summed E-state index contributed by atoms with van der Waals surface area (Å²) in [7, 11) is 1.55. The van der Waals surface area contributed by atoms with E-state index in [1.807, 2.05) is 31.2 Å². The highest BCUT2D eigenvalue weighted by Gasteiger charge is 2.41. The van der Waals surface area contributed by atoms with Crippen molar-refractivity contribution in [2.45, 2.75) is 19.6 Å². The van der Waals surface area contributed by atoms with E-state index in [4.69, 9.17) is 21.7 Å². The summed E-state index contributed by atoms with van der Waals surface area (Å²) in [4.78, 5) is 26.7. The Morgan fingerprint density at radius 3 is 2.54 bits per heavy atom. The first-order valence-electron chi connectivity index (χ1n) is 10.8. The van der Waals surface area contributed by atoms with Crippen molar-refractivity contribution in [1.82, 2.24) is 4.90 Å². The largest absolute Gasteiger partial charge is 0.493 e. The highest BCUT2D eigenvalue weighted by molar-refractivity contribution is 8.26. The van der Waals surface area contributed by atoms with Gasteiger partial charge in [0.25, 0.3) is 5.91 Å². The number of carboxylic acid groups (broad SMARTS) is 1. The maximum atomic E-state index is 13.2. The van der Waals surface area contributed by atoms with Crippen molar-refractivity contribution in [3.8, 4) is 11.5 Å². The lowest BCUT2D eigenvalue weighted by atomic mass is 10.1. The maximum absolute atomic E-state index is 13.2. The van der Waals surface area contributed by atoms with Gasteiger partial charge in [0.05, 0.1) is 12.0 Å². The third kappa shape index (κ3) is 5.55. The zero-order valence-corrected chi connectivity index (χ0v) is 20.8. The van der Waals surface area contributed by atoms with E-state index in [0.29, 0.717) is 34.1 Å². The molecule has 3 aromatic carbocycles. The molecule has 1 N–H and O–H groups in total. The lowest BCUT2D eigenvalue weighted by Gasteiger charge is -2.23. The Morgan fingerprint density at radius 1 is 1.09 bits per heavy atom. The molecule has 0 aromatic heterocycles. The quantitative estimate of drug-likeness (QED) is 0.315. The first kappa shape index (κ1) is 24.5. The summed E-state index contributed by atoms with van der Waals surface area (Å²) in [5, 5.41) is 9.83. The van der Waals surface area contributed by atoms with Crippen molar-refractivity contribution < 1.29 is 24.2 Å². The molecule has 4 rings (SSSR count). The van der Waals surface area contributed by atoms with Gasteiger partial charge in [0.2, 0.25) is 0 Å². The van der Waals surface area contributed by atoms with E-state index in [0.717, 1.165) is 27.8 Å². The number of aryl methyl sites for hydroxylation is 1. The van der Waals surface area contributed by atoms with Crippen LogP contribution in [0.1, 0.15) is 28.3 Å². The summed E-state index contributed by atoms with van der Waals surface area (Å²) in [6.45, 7) is 2.42. The van der Waals surface area contributed by atoms with Crippen LogP contribution >= 0.6 is 24.0 Å². The van der Waals surface area contributed by atoms with E-state index in [1.165, 1.54) is 0 Å². The van der Waals surface area contributed by atoms with Gasteiger partial charge in [0.15, 0.2) is 17.5 Å². The van der Waals surface area contributed by atoms with Crippen LogP contribution in [0.2, 0.25) is 0 Å². The Kier molecular flexibility index (Phi) is 7.53. The number of hydrogen-bond donors (Lipinski definition) is 1. The molecule has 1 atom stereocenters. The SMILES string of the molecule is COc1cc(/C=C2/SC(=S)N(C(C(=O)O)c3ccccc3)C2=O)ccc1OCc1cccc(C)c1. The summed E-state index contributed by atoms with van der Waals surface area (Å²) >= 11 is 6.46. The van der Waals surface area contributed by atoms with Crippen molar-refractivity contribution >= 4 is 46.3 Å². The smallest absolute Gasteiger partial charge is 0.331 e. The average Bonchev–Trinajstić information content (AvgIpc) is 3.11. The first-order chi connectivity index (χ1) is 16.9. The number of benzene rings is 3. The average molecular weight is 506 g/mol. The standard InChI is InChI=1S/C27H23NO5S2/c1-17-7-6-8-19(13-17)16-33-21-12-11-18(14-22(21)32-2)15-23-25(29)28(27(34)35-23)24(26(30)31)20-9-4-3-5-10-20/h3-15,24H,16H2,1-2H3,(H,30,31)/b23-15+. The molecule has 0 aliphatic carbocycles. The van der Waals surface area contributed by atoms with Crippen molar-refractivity contribution in [1.29, 1.82) is 0 Å². The van der Waals surface area contributed by atoms with Crippen molar-refractivity contribution in [3.63, 3.8) is 0 Å². The Morgan fingerprint density at radius 2 is 1.86 bits per heavy atom. The van der Waals surface area contributed by atoms with Crippen LogP contribution in [0, 0.1) is 6.92 Å². The third-order valence-corrected chi connectivity index (χ3v) is 6.72. The summed E-state index contributed by atoms with van der Waals surface area (Å²) in [6.07, 6.45) is 1.68. The second-order valence-corrected chi connectivity index (χ2v) is 9.57. The predicted molar refractivity (Wildman–Crippen MR) is 140 cm³/mol. The Bertz CT molecular complexity index is 1310. The molecule has 1 aliphatic rings. The molecule has 35 heavy (non-hydrogen) atoms. The minimum absolute atomic E-state index is 0.197. The molecule has 0 saturated carbocycles. The topological polar surface area (TPSA) is 76.1 Å². The van der Waals surface area contributed by atoms with E-state index in [2.05, 4.69) is 6.07 Å². The van der Waals surface area contributed by atoms with E-state index >= 15 is 0 Å². The molecule has 1 amide bonds. The minimum atomic E-state index is -1.19. The number of amides is 1. The van der Waals surface area contributed by atoms with Crippen LogP contribution in [-0.2, 0) is 16.2 Å². The van der Waals surface area contributed by atoms with Gasteiger partial charge in [-0.05, 0) is 41.8 Å². The minimum Gasteiger partial charge on any atom is -0.493 e. The molecule has 0 spiro atoms. The molecule has 1 unspecified atom stereocenters. The molecule has 0 radical (unpaired) electrons. The number of carboxylic acids is 1. The Balaban J connectivity index is 1.55. The molecule has 1 fully saturated rings. The van der Waals surface area contributed by atoms with E-state index in [9.17, 15) is 14.7 Å². The molecule has 3 aromatic rings. The molecule has 8 heteroatoms. The van der Waals surface area contributed by atoms with E-state index in [1.54, 1.807) is 55.7 Å². The predicted octanol–water partition coefficient (Wildman–Crippen LogP) is 5.61. The Labute approximate surface area is 213 Å². The monoisotopic (exact) mass is 505 g/mol. The van der Waals surface area contributed by atoms with E-state index in [-0.39, 0.29) is 4.32 Å². The van der Waals surface area contributed by atoms with Crippen LogP contribution in [0.5, 0.6) is 11.5 Å². The molecule has 6 nitrogen and oxygen atoms in total. The van der Waals surface area contributed by atoms with Gasteiger partial charge < -0.3 is 14.6 Å². The number of carbonyl (C=O) groups excluding carboxylic acids is 1. The molecule has 1 saturated heterocycles. The van der Waals surface area contributed by atoms with Crippen LogP contribution in [-0.4, -0.2) is 33.3 Å². The molecular formula is C27H23NO5S2. The van der Waals surface area contributed by atoms with Crippen molar-refractivity contribution in [2.24, 2.45) is 0 Å². The van der Waals surface area contributed by atoms with E-state index < -0.39 is 17.9 Å². The lowest BCUT2D eigenvalue weighted by Crippen LogP contribution is -2.37. The number of rotatable bonds is 8. The summed E-state index contributed by atoms with van der Waals surface area (Å²) in [5.74, 6) is -0.496. The molecule has 1 aliphatic heterocycles. The van der Waals surface area contributed by atoms with Crippen LogP contribution in [0.25, 0.3) is 6.08 Å². The Hall–Kier alpha value is -3.62. The number of methoxy groups -OCH3 is 1. The van der Waals surface area contributed by atoms with Gasteiger partial charge in [0.1, 0.15) is 10.9 Å². The van der Waals surface area contributed by atoms with Crippen molar-refractivity contribution in [3.05, 3.63) is 100.0 Å². The van der Waals surface area contributed by atoms with Crippen molar-refractivity contribution in [2.75, 3.05) is 7.11 Å². The highest BCUT2D eigenvalue weighted by atomic mass is 32.2. The molecule has 1 heterocycles. The number of hydrogen-bond acceptors (Lipinski definition) is 6. The summed E-state index contributed by atoms with van der Waals surface area (Å²) in [5.41, 5.74) is 3.39. The molecule has 0 bridgehead atoms. The van der Waals surface area contributed by atoms with Gasteiger partial charge in [-0.2, -0.15) is 0 Å². The van der Waals surface area contributed by atoms with Gasteiger partial charge in [-0.3, -0.25) is 9.69 Å². The summed E-state index contributed by atoms with van der Waals surface area (Å²) < 4.78 is 11.6. The highest BCUT2D eigenvalue weighted by Crippen LogP contribution is 2.39. The molecular weight excluding hydrogens is 482 g/mol. The number of thioether (sulfide) groups is 1. The fraction of sp³-hybridized carbons (Fsp3) is 0.148. The zero-order valence-electron chi connectivity index (χ0n) is 19.1. The number of thiocarbonyl (C=S) groups is 1. The van der Waals surface area contributed by atoms with Gasteiger partial charge >= 0.3 is 5.97 Å². The number of aliphatic carboxylic acids is 1. The van der Waals surface area contributed by atoms with Crippen LogP contribution in [0.3, 0.4) is 0 Å². The second-order valence-electron chi connectivity index (χ2n) is 7.89. The van der Waals surface area contributed by atoms with Gasteiger partial charge in [-0.15, -0.1) is 0 Å². The third-order valence-electron chi connectivity index (χ3n) is 5.39. The number of carbonyl (C=O) groups is 2. The van der Waals surface area contributed by atoms with Gasteiger partial charge in [-0.1, -0.05) is 90.2 Å². The maximum Gasteiger partial charge on any atom is 0.331 e. The number of ether oxygens (including phenoxy) is 2. The molecule has 178 valence electrons. The zero-order chi connectivity index (χ0) is 24.9. The van der Waals surface area contributed by atoms with Crippen LogP contribution in [0.4, 0.5) is 0 Å². The van der Waals surface area contributed by atoms with Crippen LogP contribution in [0.15, 0.2) is 77.7 Å². The second kappa shape index (κ2) is 10.8. The summed E-state index contributed by atoms with van der Waals surface area (Å²) in [6, 6.07) is 20.8. The van der Waals surface area contributed by atoms with Gasteiger partial charge in [0, 0.05) is 0 Å². The normalized spacial score (nSPS) is 15.4. The fourth-order valence-electron chi connectivity index (χ4n) is 3.75. The lowest BCUT2D eigenvalue weighted by molar-refractivity contribution is -0.145. The van der Waals surface area contributed by atoms with Crippen LogP contribution < -0.4 is 9.47 Å². The fourth-order valence-corrected chi connectivity index (χ4v) is 5.06.